The van der Waals surface area contributed by atoms with Crippen LogP contribution in [-0.4, -0.2) is 17.9 Å². The first-order chi connectivity index (χ1) is 9.18. The van der Waals surface area contributed by atoms with Gasteiger partial charge >= 0.3 is 12.1 Å². The van der Waals surface area contributed by atoms with Crippen molar-refractivity contribution in [3.63, 3.8) is 0 Å². The Balaban J connectivity index is 2.98. The number of benzene rings is 1. The molecule has 0 saturated carbocycles. The first-order valence-corrected chi connectivity index (χ1v) is 5.81. The van der Waals surface area contributed by atoms with Gasteiger partial charge in [-0.3, -0.25) is 9.59 Å². The van der Waals surface area contributed by atoms with Crippen LogP contribution in [0.1, 0.15) is 18.9 Å². The maximum absolute atomic E-state index is 12.7. The van der Waals surface area contributed by atoms with Gasteiger partial charge < -0.3 is 4.74 Å². The molecule has 3 nitrogen and oxygen atoms in total. The molecule has 0 aliphatic carbocycles. The molecule has 0 aliphatic heterocycles. The van der Waals surface area contributed by atoms with E-state index < -0.39 is 30.1 Å². The van der Waals surface area contributed by atoms with E-state index in [0.29, 0.717) is 11.1 Å². The number of carbonyl (C=O) groups excluding carboxylic acids is 2. The van der Waals surface area contributed by atoms with Crippen molar-refractivity contribution in [2.75, 3.05) is 0 Å². The highest BCUT2D eigenvalue weighted by Crippen LogP contribution is 2.29. The summed E-state index contributed by atoms with van der Waals surface area (Å²) in [4.78, 5) is 21.8. The summed E-state index contributed by atoms with van der Waals surface area (Å²) in [6, 6.07) is 5.48. The summed E-state index contributed by atoms with van der Waals surface area (Å²) in [5, 5.41) is 0.365. The van der Waals surface area contributed by atoms with Crippen LogP contribution in [0.2, 0.25) is 5.02 Å². The van der Waals surface area contributed by atoms with Crippen molar-refractivity contribution in [2.24, 2.45) is 0 Å². The van der Waals surface area contributed by atoms with Crippen molar-refractivity contribution < 1.29 is 27.5 Å². The predicted octanol–water partition coefficient (Wildman–Crippen LogP) is 3.77. The van der Waals surface area contributed by atoms with Crippen LogP contribution >= 0.6 is 11.6 Å². The fourth-order valence-corrected chi connectivity index (χ4v) is 1.37. The molecule has 0 radical (unpaired) electrons. The molecule has 0 fully saturated rings. The highest BCUT2D eigenvalue weighted by Gasteiger charge is 2.37. The fourth-order valence-electron chi connectivity index (χ4n) is 1.24. The Morgan fingerprint density at radius 3 is 2.25 bits per heavy atom. The minimum absolute atomic E-state index is 0.164. The van der Waals surface area contributed by atoms with Crippen molar-refractivity contribution >= 4 is 29.4 Å². The number of ether oxygens (including phenoxy) is 1. The zero-order valence-electron chi connectivity index (χ0n) is 10.3. The Labute approximate surface area is 118 Å². The van der Waals surface area contributed by atoms with Crippen molar-refractivity contribution in [3.05, 3.63) is 40.6 Å². The minimum Gasteiger partial charge on any atom is -0.421 e. The monoisotopic (exact) mass is 306 g/mol. The highest BCUT2D eigenvalue weighted by molar-refractivity contribution is 6.30. The van der Waals surface area contributed by atoms with Crippen LogP contribution in [0.3, 0.4) is 0 Å². The molecule has 7 heteroatoms. The van der Waals surface area contributed by atoms with Gasteiger partial charge in [-0.1, -0.05) is 23.7 Å². The number of hydrogen-bond donors (Lipinski definition) is 0. The Bertz CT molecular complexity index is 533. The number of rotatable bonds is 4. The molecule has 1 aromatic carbocycles. The summed E-state index contributed by atoms with van der Waals surface area (Å²) in [7, 11) is 0. The van der Waals surface area contributed by atoms with Gasteiger partial charge in [0.15, 0.2) is 0 Å². The summed E-state index contributed by atoms with van der Waals surface area (Å²) in [6.07, 6.45) is -4.89. The van der Waals surface area contributed by atoms with Crippen LogP contribution in [0.4, 0.5) is 13.2 Å². The highest BCUT2D eigenvalue weighted by atomic mass is 35.5. The van der Waals surface area contributed by atoms with E-state index in [0.717, 1.165) is 6.92 Å². The zero-order chi connectivity index (χ0) is 15.3. The summed E-state index contributed by atoms with van der Waals surface area (Å²) >= 11 is 5.61. The lowest BCUT2D eigenvalue weighted by atomic mass is 10.2. The molecule has 0 unspecified atom stereocenters. The molecule has 0 bridgehead atoms. The lowest BCUT2D eigenvalue weighted by Crippen LogP contribution is -2.19. The third-order valence-corrected chi connectivity index (χ3v) is 2.32. The Morgan fingerprint density at radius 2 is 1.80 bits per heavy atom. The summed E-state index contributed by atoms with van der Waals surface area (Å²) in [5.41, 5.74) is 0.164. The predicted molar refractivity (Wildman–Crippen MR) is 66.9 cm³/mol. The molecule has 0 aromatic heterocycles. The van der Waals surface area contributed by atoms with Gasteiger partial charge in [0.2, 0.25) is 5.76 Å². The van der Waals surface area contributed by atoms with Crippen molar-refractivity contribution in [1.82, 2.24) is 0 Å². The summed E-state index contributed by atoms with van der Waals surface area (Å²) in [6.45, 7) is 1.08. The van der Waals surface area contributed by atoms with Crippen LogP contribution in [0.15, 0.2) is 30.0 Å². The lowest BCUT2D eigenvalue weighted by Gasteiger charge is -2.11. The van der Waals surface area contributed by atoms with Crippen LogP contribution < -0.4 is 0 Å². The Morgan fingerprint density at radius 1 is 1.25 bits per heavy atom. The van der Waals surface area contributed by atoms with E-state index in [1.165, 1.54) is 24.3 Å². The van der Waals surface area contributed by atoms with Crippen LogP contribution in [0.25, 0.3) is 6.08 Å². The summed E-state index contributed by atoms with van der Waals surface area (Å²) < 4.78 is 42.4. The lowest BCUT2D eigenvalue weighted by molar-refractivity contribution is -0.160. The molecule has 1 rings (SSSR count). The maximum atomic E-state index is 12.7. The van der Waals surface area contributed by atoms with E-state index in [1.807, 2.05) is 0 Å². The second-order valence-electron chi connectivity index (χ2n) is 3.91. The van der Waals surface area contributed by atoms with Gasteiger partial charge in [-0.15, -0.1) is 0 Å². The molecule has 0 saturated heterocycles. The summed E-state index contributed by atoms with van der Waals surface area (Å²) in [5.74, 6) is -3.32. The van der Waals surface area contributed by atoms with E-state index in [-0.39, 0.29) is 5.56 Å². The molecule has 0 aliphatic rings. The van der Waals surface area contributed by atoms with Crippen LogP contribution in [-0.2, 0) is 14.3 Å². The molecular formula is C13H10ClF3O3. The third kappa shape index (κ3) is 5.44. The number of ketones is 1. The van der Waals surface area contributed by atoms with E-state index in [1.54, 1.807) is 0 Å². The molecule has 0 amide bonds. The van der Waals surface area contributed by atoms with Crippen LogP contribution in [0.5, 0.6) is 0 Å². The average Bonchev–Trinajstić information content (AvgIpc) is 2.28. The van der Waals surface area contributed by atoms with E-state index in [4.69, 9.17) is 11.6 Å². The van der Waals surface area contributed by atoms with Gasteiger partial charge in [0.1, 0.15) is 12.2 Å². The van der Waals surface area contributed by atoms with Crippen molar-refractivity contribution in [3.8, 4) is 0 Å². The minimum atomic E-state index is -4.84. The van der Waals surface area contributed by atoms with Gasteiger partial charge in [-0.25, -0.2) is 0 Å². The van der Waals surface area contributed by atoms with Gasteiger partial charge in [-0.05, 0) is 30.7 Å². The normalized spacial score (nSPS) is 12.2. The number of esters is 1. The van der Waals surface area contributed by atoms with Crippen molar-refractivity contribution in [1.29, 1.82) is 0 Å². The number of allylic oxidation sites excluding steroid dienone is 1. The fraction of sp³-hybridized carbons (Fsp3) is 0.231. The SMILES string of the molecule is CC(=O)CC(=O)O/C(=C\c1ccc(Cl)cc1)C(F)(F)F. The Kier molecular flexibility index (Phi) is 5.33. The van der Waals surface area contributed by atoms with Crippen LogP contribution in [0, 0.1) is 0 Å². The molecular weight excluding hydrogens is 297 g/mol. The zero-order valence-corrected chi connectivity index (χ0v) is 11.1. The second-order valence-corrected chi connectivity index (χ2v) is 4.35. The standard InChI is InChI=1S/C13H10ClF3O3/c1-8(18)6-12(19)20-11(13(15,16)17)7-9-2-4-10(14)5-3-9/h2-5,7H,6H2,1H3/b11-7-. The molecule has 108 valence electrons. The van der Waals surface area contributed by atoms with E-state index in [9.17, 15) is 22.8 Å². The first-order valence-electron chi connectivity index (χ1n) is 5.43. The number of Topliss-reactive ketones (excluding diaryl/α,β-unsaturated/α-hetero) is 1. The first kappa shape index (κ1) is 16.2. The van der Waals surface area contributed by atoms with Gasteiger partial charge in [-0.2, -0.15) is 13.2 Å². The maximum Gasteiger partial charge on any atom is 0.449 e. The average molecular weight is 307 g/mol. The van der Waals surface area contributed by atoms with E-state index >= 15 is 0 Å². The Hall–Kier alpha value is -1.82. The van der Waals surface area contributed by atoms with Crippen molar-refractivity contribution in [2.45, 2.75) is 19.5 Å². The smallest absolute Gasteiger partial charge is 0.421 e. The molecule has 1 aromatic rings. The molecule has 0 heterocycles. The number of hydrogen-bond acceptors (Lipinski definition) is 3. The number of alkyl halides is 3. The number of carbonyl (C=O) groups is 2. The van der Waals surface area contributed by atoms with Gasteiger partial charge in [0, 0.05) is 5.02 Å². The third-order valence-electron chi connectivity index (χ3n) is 2.06. The van der Waals surface area contributed by atoms with Gasteiger partial charge in [0.05, 0.1) is 0 Å². The topological polar surface area (TPSA) is 43.4 Å². The molecule has 20 heavy (non-hydrogen) atoms. The second kappa shape index (κ2) is 6.56. The number of halogens is 4. The molecule has 0 atom stereocenters. The largest absolute Gasteiger partial charge is 0.449 e. The quantitative estimate of drug-likeness (QED) is 0.483. The molecule has 0 N–H and O–H groups in total. The van der Waals surface area contributed by atoms with E-state index in [2.05, 4.69) is 4.74 Å². The van der Waals surface area contributed by atoms with Gasteiger partial charge in [0.25, 0.3) is 0 Å². The molecule has 0 spiro atoms.